The Morgan fingerprint density at radius 1 is 1.17 bits per heavy atom. The molecule has 36 heavy (non-hydrogen) atoms. The number of sulfonamides is 1. The van der Waals surface area contributed by atoms with Gasteiger partial charge in [0, 0.05) is 44.0 Å². The average Bonchev–Trinajstić information content (AvgIpc) is 2.79. The molecule has 0 bridgehead atoms. The Labute approximate surface area is 207 Å². The van der Waals surface area contributed by atoms with Crippen LogP contribution >= 0.6 is 0 Å². The summed E-state index contributed by atoms with van der Waals surface area (Å²) in [6.07, 6.45) is -1.64. The molecule has 8 nitrogen and oxygen atoms in total. The lowest BCUT2D eigenvalue weighted by Crippen LogP contribution is -2.62. The molecule has 1 aromatic rings. The van der Waals surface area contributed by atoms with Gasteiger partial charge in [-0.25, -0.2) is 12.8 Å². The van der Waals surface area contributed by atoms with Gasteiger partial charge in [0.1, 0.15) is 17.7 Å². The zero-order valence-corrected chi connectivity index (χ0v) is 20.8. The van der Waals surface area contributed by atoms with E-state index in [4.69, 9.17) is 4.74 Å². The van der Waals surface area contributed by atoms with E-state index in [1.165, 1.54) is 19.1 Å². The molecule has 0 spiro atoms. The van der Waals surface area contributed by atoms with Gasteiger partial charge in [-0.15, -0.1) is 0 Å². The number of halogens is 4. The molecule has 0 aliphatic carbocycles. The van der Waals surface area contributed by atoms with E-state index in [9.17, 15) is 31.1 Å². The number of nitrogens with zero attached hydrogens (tertiary/aromatic N) is 3. The van der Waals surface area contributed by atoms with E-state index < -0.39 is 46.1 Å². The van der Waals surface area contributed by atoms with Crippen molar-refractivity contribution in [3.8, 4) is 0 Å². The quantitative estimate of drug-likeness (QED) is 0.559. The van der Waals surface area contributed by atoms with Crippen LogP contribution in [0.4, 0.5) is 17.6 Å². The maximum atomic E-state index is 14.2. The minimum absolute atomic E-state index is 0.0386. The van der Waals surface area contributed by atoms with Gasteiger partial charge in [-0.2, -0.15) is 17.5 Å². The largest absolute Gasteiger partial charge is 0.410 e. The zero-order valence-electron chi connectivity index (χ0n) is 20.0. The first-order valence-corrected chi connectivity index (χ1v) is 13.2. The summed E-state index contributed by atoms with van der Waals surface area (Å²) < 4.78 is 88.0. The van der Waals surface area contributed by atoms with Crippen molar-refractivity contribution in [2.45, 2.75) is 43.6 Å². The van der Waals surface area contributed by atoms with Gasteiger partial charge < -0.3 is 25.0 Å². The van der Waals surface area contributed by atoms with Crippen molar-refractivity contribution in [1.29, 1.82) is 0 Å². The molecule has 3 aliphatic rings. The van der Waals surface area contributed by atoms with Crippen LogP contribution in [0, 0.1) is 5.82 Å². The average molecular weight is 535 g/mol. The van der Waals surface area contributed by atoms with E-state index in [1.807, 2.05) is 11.8 Å². The third-order valence-electron chi connectivity index (χ3n) is 6.48. The standard InChI is InChI=1S/C23H30F4N4O4S/c1-16-14-35-10-9-30(16)19-11-21(28-22(2,32)12-19)31-8-7-29(13-20(31)23(25,26)27)36(33,34)15-17-3-5-18(24)6-4-17/h3-6,11-12,16,20,28,32H,7-10,13-15H2,1-2H3/t16-,20?,22?/m1/s1. The molecule has 0 saturated carbocycles. The van der Waals surface area contributed by atoms with Gasteiger partial charge in [0.05, 0.1) is 19.0 Å². The van der Waals surface area contributed by atoms with Crippen LogP contribution in [-0.4, -0.2) is 91.0 Å². The summed E-state index contributed by atoms with van der Waals surface area (Å²) >= 11 is 0. The third-order valence-corrected chi connectivity index (χ3v) is 8.30. The number of rotatable bonds is 5. The van der Waals surface area contributed by atoms with E-state index in [1.54, 1.807) is 12.2 Å². The second-order valence-corrected chi connectivity index (χ2v) is 11.4. The van der Waals surface area contributed by atoms with Crippen LogP contribution < -0.4 is 5.32 Å². The predicted octanol–water partition coefficient (Wildman–Crippen LogP) is 1.96. The minimum atomic E-state index is -4.74. The van der Waals surface area contributed by atoms with Gasteiger partial charge in [0.2, 0.25) is 10.0 Å². The highest BCUT2D eigenvalue weighted by Crippen LogP contribution is 2.34. The zero-order chi connectivity index (χ0) is 26.3. The lowest BCUT2D eigenvalue weighted by atomic mass is 10.1. The Morgan fingerprint density at radius 2 is 1.86 bits per heavy atom. The highest BCUT2D eigenvalue weighted by molar-refractivity contribution is 7.88. The van der Waals surface area contributed by atoms with E-state index in [0.717, 1.165) is 21.3 Å². The fourth-order valence-electron chi connectivity index (χ4n) is 4.69. The Kier molecular flexibility index (Phi) is 7.30. The normalized spacial score (nSPS) is 28.4. The molecule has 3 heterocycles. The number of benzene rings is 1. The number of piperazine rings is 1. The first-order valence-electron chi connectivity index (χ1n) is 11.6. The lowest BCUT2D eigenvalue weighted by Gasteiger charge is -2.47. The van der Waals surface area contributed by atoms with Crippen LogP contribution in [0.2, 0.25) is 0 Å². The number of hydrogen-bond acceptors (Lipinski definition) is 7. The summed E-state index contributed by atoms with van der Waals surface area (Å²) in [7, 11) is -4.09. The van der Waals surface area contributed by atoms with Crippen LogP contribution in [0.25, 0.3) is 0 Å². The molecule has 0 amide bonds. The van der Waals surface area contributed by atoms with E-state index in [0.29, 0.717) is 25.5 Å². The molecule has 2 saturated heterocycles. The molecule has 3 atom stereocenters. The summed E-state index contributed by atoms with van der Waals surface area (Å²) in [6, 6.07) is 2.63. The summed E-state index contributed by atoms with van der Waals surface area (Å²) in [5.41, 5.74) is -0.763. The molecule has 1 aromatic carbocycles. The first-order chi connectivity index (χ1) is 16.7. The van der Waals surface area contributed by atoms with Gasteiger partial charge in [0.15, 0.2) is 5.72 Å². The number of morpholine rings is 1. The highest BCUT2D eigenvalue weighted by Gasteiger charge is 2.50. The van der Waals surface area contributed by atoms with Crippen molar-refractivity contribution >= 4 is 10.0 Å². The van der Waals surface area contributed by atoms with Crippen molar-refractivity contribution in [2.75, 3.05) is 39.4 Å². The Hall–Kier alpha value is -2.35. The van der Waals surface area contributed by atoms with Crippen LogP contribution in [0.5, 0.6) is 0 Å². The molecule has 2 fully saturated rings. The van der Waals surface area contributed by atoms with E-state index >= 15 is 0 Å². The molecule has 200 valence electrons. The molecule has 0 radical (unpaired) electrons. The van der Waals surface area contributed by atoms with Gasteiger partial charge in [-0.3, -0.25) is 0 Å². The van der Waals surface area contributed by atoms with Gasteiger partial charge in [0.25, 0.3) is 0 Å². The van der Waals surface area contributed by atoms with Gasteiger partial charge in [-0.1, -0.05) is 12.1 Å². The van der Waals surface area contributed by atoms with E-state index in [2.05, 4.69) is 5.32 Å². The fraction of sp³-hybridized carbons (Fsp3) is 0.565. The lowest BCUT2D eigenvalue weighted by molar-refractivity contribution is -0.188. The summed E-state index contributed by atoms with van der Waals surface area (Å²) in [6.45, 7) is 3.57. The van der Waals surface area contributed by atoms with Crippen molar-refractivity contribution in [2.24, 2.45) is 0 Å². The molecular weight excluding hydrogens is 504 g/mol. The molecular formula is C23H30F4N4O4S. The van der Waals surface area contributed by atoms with Crippen LogP contribution in [0.3, 0.4) is 0 Å². The predicted molar refractivity (Wildman–Crippen MR) is 124 cm³/mol. The Bertz CT molecular complexity index is 1120. The molecule has 2 N–H and O–H groups in total. The summed E-state index contributed by atoms with van der Waals surface area (Å²) in [5.74, 6) is -1.00. The Morgan fingerprint density at radius 3 is 2.50 bits per heavy atom. The van der Waals surface area contributed by atoms with Crippen molar-refractivity contribution in [3.05, 3.63) is 59.3 Å². The SMILES string of the molecule is C[C@@H]1COCCN1C1=CC(C)(O)NC(N2CCN(S(=O)(=O)Cc3ccc(F)cc3)CC2C(F)(F)F)=C1. The maximum absolute atomic E-state index is 14.2. The molecule has 2 unspecified atom stereocenters. The maximum Gasteiger partial charge on any atom is 0.410 e. The number of hydrogen-bond donors (Lipinski definition) is 2. The van der Waals surface area contributed by atoms with Crippen molar-refractivity contribution < 1.29 is 35.8 Å². The second-order valence-electron chi connectivity index (χ2n) is 9.48. The third kappa shape index (κ3) is 5.96. The first kappa shape index (κ1) is 26.7. The fourth-order valence-corrected chi connectivity index (χ4v) is 6.22. The van der Waals surface area contributed by atoms with Crippen LogP contribution in [0.1, 0.15) is 19.4 Å². The summed E-state index contributed by atoms with van der Waals surface area (Å²) in [5, 5.41) is 13.5. The van der Waals surface area contributed by atoms with Gasteiger partial charge in [-0.05, 0) is 37.6 Å². The van der Waals surface area contributed by atoms with Crippen LogP contribution in [0.15, 0.2) is 47.9 Å². The molecule has 0 aromatic heterocycles. The number of nitrogens with one attached hydrogen (secondary N) is 1. The van der Waals surface area contributed by atoms with Crippen molar-refractivity contribution in [1.82, 2.24) is 19.4 Å². The summed E-state index contributed by atoms with van der Waals surface area (Å²) in [4.78, 5) is 3.03. The number of alkyl halides is 3. The smallest absolute Gasteiger partial charge is 0.377 e. The number of allylic oxidation sites excluding steroid dienone is 1. The molecule has 13 heteroatoms. The molecule has 4 rings (SSSR count). The molecule has 3 aliphatic heterocycles. The van der Waals surface area contributed by atoms with Crippen LogP contribution in [-0.2, 0) is 20.5 Å². The minimum Gasteiger partial charge on any atom is -0.377 e. The number of aliphatic hydroxyl groups is 1. The highest BCUT2D eigenvalue weighted by atomic mass is 32.2. The number of dihydropyridines is 1. The monoisotopic (exact) mass is 534 g/mol. The number of ether oxygens (including phenoxy) is 1. The van der Waals surface area contributed by atoms with Crippen molar-refractivity contribution in [3.63, 3.8) is 0 Å². The second kappa shape index (κ2) is 9.84. The van der Waals surface area contributed by atoms with E-state index in [-0.39, 0.29) is 30.5 Å². The van der Waals surface area contributed by atoms with Gasteiger partial charge >= 0.3 is 6.18 Å². The topological polar surface area (TPSA) is 85.3 Å². The Balaban J connectivity index is 1.58.